The number of carbonyl (C=O) groups excluding carboxylic acids is 1. The van der Waals surface area contributed by atoms with Crippen molar-refractivity contribution in [3.05, 3.63) is 78.9 Å². The molecule has 0 bridgehead atoms. The summed E-state index contributed by atoms with van der Waals surface area (Å²) in [5.41, 5.74) is 0.459. The number of benzene rings is 2. The number of methoxy groups -OCH3 is 1. The van der Waals surface area contributed by atoms with Crippen LogP contribution in [0.15, 0.2) is 73.3 Å². The normalized spacial score (nSPS) is 11.6. The number of carbonyl (C=O) groups is 1. The first-order valence-corrected chi connectivity index (χ1v) is 8.23. The van der Waals surface area contributed by atoms with Crippen molar-refractivity contribution in [2.75, 3.05) is 13.7 Å². The van der Waals surface area contributed by atoms with Gasteiger partial charge in [0.15, 0.2) is 6.10 Å². The fourth-order valence-corrected chi connectivity index (χ4v) is 2.41. The fourth-order valence-electron chi connectivity index (χ4n) is 2.41. The predicted octanol–water partition coefficient (Wildman–Crippen LogP) is 3.20. The molecule has 0 unspecified atom stereocenters. The number of aromatic nitrogens is 2. The first kappa shape index (κ1) is 17.5. The van der Waals surface area contributed by atoms with Crippen molar-refractivity contribution in [1.82, 2.24) is 9.55 Å². The maximum atomic E-state index is 12.5. The number of imidazole rings is 1. The fraction of sp³-hybridized carbons (Fsp3) is 0.200. The topological polar surface area (TPSA) is 62.6 Å². The molecule has 1 atom stereocenters. The first-order chi connectivity index (χ1) is 12.7. The molecule has 0 fully saturated rings. The molecule has 0 N–H and O–H groups in total. The van der Waals surface area contributed by atoms with E-state index in [-0.39, 0.29) is 6.61 Å². The standard InChI is InChI=1S/C20H20N2O4/c1-24-17-9-7-16(8-10-17)20(23)26-19(13-22-12-11-21-15-22)14-25-18-5-3-2-4-6-18/h2-12,15,19H,13-14H2,1H3/t19-/m1/s1. The Kier molecular flexibility index (Phi) is 5.88. The number of hydrogen-bond acceptors (Lipinski definition) is 5. The van der Waals surface area contributed by atoms with Crippen LogP contribution in [0.2, 0.25) is 0 Å². The Morgan fingerprint density at radius 1 is 1.08 bits per heavy atom. The molecule has 1 aromatic heterocycles. The maximum Gasteiger partial charge on any atom is 0.338 e. The van der Waals surface area contributed by atoms with Crippen LogP contribution in [0, 0.1) is 0 Å². The van der Waals surface area contributed by atoms with Gasteiger partial charge in [-0.05, 0) is 36.4 Å². The Morgan fingerprint density at radius 3 is 2.50 bits per heavy atom. The molecule has 0 aliphatic rings. The van der Waals surface area contributed by atoms with E-state index in [1.165, 1.54) is 0 Å². The number of esters is 1. The first-order valence-electron chi connectivity index (χ1n) is 8.23. The highest BCUT2D eigenvalue weighted by Gasteiger charge is 2.18. The van der Waals surface area contributed by atoms with Gasteiger partial charge < -0.3 is 18.8 Å². The van der Waals surface area contributed by atoms with E-state index in [4.69, 9.17) is 14.2 Å². The van der Waals surface area contributed by atoms with E-state index in [0.717, 1.165) is 5.75 Å². The van der Waals surface area contributed by atoms with Crippen molar-refractivity contribution in [3.8, 4) is 11.5 Å². The molecule has 0 radical (unpaired) electrons. The van der Waals surface area contributed by atoms with Gasteiger partial charge in [0.1, 0.15) is 18.1 Å². The second-order valence-corrected chi connectivity index (χ2v) is 5.64. The highest BCUT2D eigenvalue weighted by molar-refractivity contribution is 5.89. The number of nitrogens with zero attached hydrogens (tertiary/aromatic N) is 2. The molecule has 134 valence electrons. The van der Waals surface area contributed by atoms with Crippen molar-refractivity contribution in [2.45, 2.75) is 12.6 Å². The van der Waals surface area contributed by atoms with Crippen LogP contribution in [0.5, 0.6) is 11.5 Å². The van der Waals surface area contributed by atoms with Crippen LogP contribution in [0.1, 0.15) is 10.4 Å². The maximum absolute atomic E-state index is 12.5. The quantitative estimate of drug-likeness (QED) is 0.583. The minimum Gasteiger partial charge on any atom is -0.497 e. The molecule has 2 aromatic carbocycles. The Balaban J connectivity index is 1.66. The zero-order chi connectivity index (χ0) is 18.2. The molecule has 26 heavy (non-hydrogen) atoms. The van der Waals surface area contributed by atoms with Crippen molar-refractivity contribution in [3.63, 3.8) is 0 Å². The number of para-hydroxylation sites is 1. The lowest BCUT2D eigenvalue weighted by Gasteiger charge is -2.19. The lowest BCUT2D eigenvalue weighted by molar-refractivity contribution is 0.0125. The SMILES string of the molecule is COc1ccc(C(=O)O[C@@H](COc2ccccc2)Cn2ccnc2)cc1. The summed E-state index contributed by atoms with van der Waals surface area (Å²) in [7, 11) is 1.58. The third-order valence-electron chi connectivity index (χ3n) is 3.75. The van der Waals surface area contributed by atoms with Gasteiger partial charge in [0.25, 0.3) is 0 Å². The largest absolute Gasteiger partial charge is 0.497 e. The molecule has 1 heterocycles. The smallest absolute Gasteiger partial charge is 0.338 e. The number of rotatable bonds is 8. The summed E-state index contributed by atoms with van der Waals surface area (Å²) < 4.78 is 18.4. The molecule has 0 saturated carbocycles. The van der Waals surface area contributed by atoms with Crippen LogP contribution >= 0.6 is 0 Å². The third kappa shape index (κ3) is 4.86. The number of ether oxygens (including phenoxy) is 3. The highest BCUT2D eigenvalue weighted by Crippen LogP contribution is 2.14. The molecular weight excluding hydrogens is 332 g/mol. The molecule has 0 amide bonds. The van der Waals surface area contributed by atoms with E-state index in [0.29, 0.717) is 17.9 Å². The van der Waals surface area contributed by atoms with Crippen molar-refractivity contribution >= 4 is 5.97 Å². The van der Waals surface area contributed by atoms with Gasteiger partial charge in [-0.1, -0.05) is 18.2 Å². The third-order valence-corrected chi connectivity index (χ3v) is 3.75. The predicted molar refractivity (Wildman–Crippen MR) is 96.4 cm³/mol. The van der Waals surface area contributed by atoms with Crippen molar-refractivity contribution in [1.29, 1.82) is 0 Å². The van der Waals surface area contributed by atoms with Crippen LogP contribution in [0.4, 0.5) is 0 Å². The van der Waals surface area contributed by atoms with E-state index < -0.39 is 12.1 Å². The van der Waals surface area contributed by atoms with Gasteiger partial charge in [0.05, 0.1) is 25.5 Å². The molecule has 0 aliphatic carbocycles. The summed E-state index contributed by atoms with van der Waals surface area (Å²) in [4.78, 5) is 16.5. The van der Waals surface area contributed by atoms with Crippen LogP contribution in [0.3, 0.4) is 0 Å². The minimum absolute atomic E-state index is 0.240. The van der Waals surface area contributed by atoms with Gasteiger partial charge in [0, 0.05) is 12.4 Å². The summed E-state index contributed by atoms with van der Waals surface area (Å²) >= 11 is 0. The van der Waals surface area contributed by atoms with Gasteiger partial charge in [-0.15, -0.1) is 0 Å². The Morgan fingerprint density at radius 2 is 1.85 bits per heavy atom. The lowest BCUT2D eigenvalue weighted by atomic mass is 10.2. The summed E-state index contributed by atoms with van der Waals surface area (Å²) in [6.45, 7) is 0.693. The average molecular weight is 352 g/mol. The molecule has 0 aliphatic heterocycles. The Labute approximate surface area is 152 Å². The zero-order valence-electron chi connectivity index (χ0n) is 14.4. The van der Waals surface area contributed by atoms with E-state index in [9.17, 15) is 4.79 Å². The van der Waals surface area contributed by atoms with Gasteiger partial charge in [-0.3, -0.25) is 0 Å². The average Bonchev–Trinajstić information content (AvgIpc) is 3.20. The van der Waals surface area contributed by atoms with E-state index >= 15 is 0 Å². The summed E-state index contributed by atoms with van der Waals surface area (Å²) in [5, 5.41) is 0. The summed E-state index contributed by atoms with van der Waals surface area (Å²) in [6.07, 6.45) is 4.72. The van der Waals surface area contributed by atoms with Crippen molar-refractivity contribution in [2.24, 2.45) is 0 Å². The second-order valence-electron chi connectivity index (χ2n) is 5.64. The minimum atomic E-state index is -0.459. The van der Waals surface area contributed by atoms with Crippen LogP contribution < -0.4 is 9.47 Å². The zero-order valence-corrected chi connectivity index (χ0v) is 14.4. The van der Waals surface area contributed by atoms with E-state index in [2.05, 4.69) is 4.98 Å². The van der Waals surface area contributed by atoms with Crippen LogP contribution in [0.25, 0.3) is 0 Å². The molecule has 0 saturated heterocycles. The molecule has 3 rings (SSSR count). The Bertz CT molecular complexity index is 802. The summed E-state index contributed by atoms with van der Waals surface area (Å²) in [6, 6.07) is 16.2. The number of hydrogen-bond donors (Lipinski definition) is 0. The molecule has 6 heteroatoms. The van der Waals surface area contributed by atoms with Gasteiger partial charge in [-0.2, -0.15) is 0 Å². The Hall–Kier alpha value is -3.28. The molecule has 3 aromatic rings. The lowest BCUT2D eigenvalue weighted by Crippen LogP contribution is -2.29. The van der Waals surface area contributed by atoms with Gasteiger partial charge >= 0.3 is 5.97 Å². The van der Waals surface area contributed by atoms with Gasteiger partial charge in [-0.25, -0.2) is 9.78 Å². The second kappa shape index (κ2) is 8.71. The van der Waals surface area contributed by atoms with E-state index in [1.54, 1.807) is 43.9 Å². The molecule has 0 spiro atoms. The molecular formula is C20H20N2O4. The molecule has 6 nitrogen and oxygen atoms in total. The highest BCUT2D eigenvalue weighted by atomic mass is 16.6. The monoisotopic (exact) mass is 352 g/mol. The van der Waals surface area contributed by atoms with E-state index in [1.807, 2.05) is 41.1 Å². The van der Waals surface area contributed by atoms with Crippen LogP contribution in [-0.2, 0) is 11.3 Å². The van der Waals surface area contributed by atoms with Crippen molar-refractivity contribution < 1.29 is 19.0 Å². The van der Waals surface area contributed by atoms with Crippen LogP contribution in [-0.4, -0.2) is 35.3 Å². The summed E-state index contributed by atoms with van der Waals surface area (Å²) in [5.74, 6) is 1.00. The van der Waals surface area contributed by atoms with Gasteiger partial charge in [0.2, 0.25) is 0 Å².